The van der Waals surface area contributed by atoms with Crippen molar-refractivity contribution in [3.8, 4) is 0 Å². The van der Waals surface area contributed by atoms with Crippen molar-refractivity contribution in [2.24, 2.45) is 0 Å². The number of hydrogen-bond acceptors (Lipinski definition) is 1. The summed E-state index contributed by atoms with van der Waals surface area (Å²) in [5, 5.41) is 2.35. The fourth-order valence-electron chi connectivity index (χ4n) is 2.40. The summed E-state index contributed by atoms with van der Waals surface area (Å²) in [5.41, 5.74) is 1.93. The Hall–Kier alpha value is -1.10. The lowest BCUT2D eigenvalue weighted by Crippen LogP contribution is -2.41. The molecule has 0 heterocycles. The molecule has 0 radical (unpaired) electrons. The third kappa shape index (κ3) is 3.76. The smallest absolute Gasteiger partial charge is 0.308 e. The van der Waals surface area contributed by atoms with Gasteiger partial charge in [-0.1, -0.05) is 45.9 Å². The van der Waals surface area contributed by atoms with Gasteiger partial charge >= 0.3 is 12.3 Å². The van der Waals surface area contributed by atoms with Crippen LogP contribution in [0.15, 0.2) is 18.2 Å². The number of hydrogen-bond donors (Lipinski definition) is 1. The molecule has 0 saturated carbocycles. The molecule has 0 aliphatic rings. The summed E-state index contributed by atoms with van der Waals surface area (Å²) in [6, 6.07) is 3.42. The number of benzene rings is 1. The number of rotatable bonds is 6. The van der Waals surface area contributed by atoms with Gasteiger partial charge in [0.1, 0.15) is 6.04 Å². The van der Waals surface area contributed by atoms with Crippen molar-refractivity contribution in [3.05, 3.63) is 34.9 Å². The van der Waals surface area contributed by atoms with Crippen LogP contribution in [-0.2, 0) is 0 Å². The van der Waals surface area contributed by atoms with E-state index in [4.69, 9.17) is 0 Å². The minimum atomic E-state index is -4.11. The lowest BCUT2D eigenvalue weighted by atomic mass is 9.86. The van der Waals surface area contributed by atoms with Crippen molar-refractivity contribution in [1.29, 1.82) is 0 Å². The average Bonchev–Trinajstić information content (AvgIpc) is 2.38. The number of halogens is 4. The van der Waals surface area contributed by atoms with Crippen LogP contribution in [0.3, 0.4) is 0 Å². The largest absolute Gasteiger partial charge is 0.326 e. The molecule has 0 aliphatic heterocycles. The molecule has 0 aromatic heterocycles. The van der Waals surface area contributed by atoms with Crippen LogP contribution in [0.25, 0.3) is 0 Å². The predicted octanol–water partition coefficient (Wildman–Crippen LogP) is 5.09. The van der Waals surface area contributed by atoms with Crippen LogP contribution in [0.5, 0.6) is 0 Å². The molecule has 0 spiro atoms. The van der Waals surface area contributed by atoms with Gasteiger partial charge in [0.2, 0.25) is 0 Å². The highest BCUT2D eigenvalue weighted by molar-refractivity contribution is 5.38. The van der Waals surface area contributed by atoms with Crippen molar-refractivity contribution in [2.75, 3.05) is 7.05 Å². The Labute approximate surface area is 123 Å². The molecular formula is C16H23F4N. The molecule has 1 atom stereocenters. The molecule has 0 saturated heterocycles. The Morgan fingerprint density at radius 2 is 1.52 bits per heavy atom. The Kier molecular flexibility index (Phi) is 5.79. The van der Waals surface area contributed by atoms with E-state index in [1.165, 1.54) is 7.05 Å². The van der Waals surface area contributed by atoms with Gasteiger partial charge in [-0.25, -0.2) is 8.78 Å². The molecule has 21 heavy (non-hydrogen) atoms. The van der Waals surface area contributed by atoms with Gasteiger partial charge in [-0.05, 0) is 35.6 Å². The summed E-state index contributed by atoms with van der Waals surface area (Å²) >= 11 is 0. The van der Waals surface area contributed by atoms with Crippen LogP contribution in [0, 0.1) is 0 Å². The minimum Gasteiger partial charge on any atom is -0.308 e. The molecule has 5 heteroatoms. The fraction of sp³-hybridized carbons (Fsp3) is 0.625. The lowest BCUT2D eigenvalue weighted by Gasteiger charge is -2.29. The summed E-state index contributed by atoms with van der Waals surface area (Å²) in [6.07, 6.45) is -3.71. The van der Waals surface area contributed by atoms with E-state index < -0.39 is 18.4 Å². The highest BCUT2D eigenvalue weighted by Gasteiger charge is 2.49. The molecule has 0 fully saturated rings. The monoisotopic (exact) mass is 305 g/mol. The second kappa shape index (κ2) is 6.77. The maximum atomic E-state index is 13.8. The average molecular weight is 305 g/mol. The third-order valence-electron chi connectivity index (χ3n) is 3.68. The zero-order valence-corrected chi connectivity index (χ0v) is 13.1. The molecular weight excluding hydrogens is 282 g/mol. The molecule has 1 nitrogen and oxygen atoms in total. The van der Waals surface area contributed by atoms with E-state index >= 15 is 0 Å². The van der Waals surface area contributed by atoms with E-state index in [9.17, 15) is 17.6 Å². The second-order valence-electron chi connectivity index (χ2n) is 5.89. The zero-order valence-electron chi connectivity index (χ0n) is 13.1. The van der Waals surface area contributed by atoms with Crippen molar-refractivity contribution < 1.29 is 17.6 Å². The highest BCUT2D eigenvalue weighted by Crippen LogP contribution is 2.40. The number of alkyl halides is 4. The molecule has 1 aromatic carbocycles. The summed E-state index contributed by atoms with van der Waals surface area (Å²) in [5.74, 6) is -3.89. The van der Waals surface area contributed by atoms with E-state index in [2.05, 4.69) is 5.32 Å². The van der Waals surface area contributed by atoms with Gasteiger partial charge in [-0.15, -0.1) is 0 Å². The highest BCUT2D eigenvalue weighted by atomic mass is 19.3. The van der Waals surface area contributed by atoms with Gasteiger partial charge in [0.25, 0.3) is 0 Å². The summed E-state index contributed by atoms with van der Waals surface area (Å²) in [6.45, 7) is 7.75. The molecule has 120 valence electrons. The van der Waals surface area contributed by atoms with Crippen LogP contribution in [0.2, 0.25) is 0 Å². The SMILES string of the molecule is CNC(c1ccc(C(C)C)cc1C(C)C)C(F)(F)C(F)F. The first-order valence-corrected chi connectivity index (χ1v) is 7.09. The van der Waals surface area contributed by atoms with Gasteiger partial charge in [-0.3, -0.25) is 0 Å². The maximum absolute atomic E-state index is 13.8. The van der Waals surface area contributed by atoms with Crippen molar-refractivity contribution in [1.82, 2.24) is 5.32 Å². The molecule has 0 amide bonds. The maximum Gasteiger partial charge on any atom is 0.326 e. The van der Waals surface area contributed by atoms with Gasteiger partial charge in [0.15, 0.2) is 0 Å². The standard InChI is InChI=1S/C16H23F4N/c1-9(2)11-6-7-12(13(8-11)10(3)4)14(21-5)16(19,20)15(17)18/h6-10,14-15,21H,1-5H3. The van der Waals surface area contributed by atoms with E-state index in [0.717, 1.165) is 5.56 Å². The van der Waals surface area contributed by atoms with Gasteiger partial charge < -0.3 is 5.32 Å². The number of nitrogens with one attached hydrogen (secondary N) is 1. The first-order valence-electron chi connectivity index (χ1n) is 7.09. The summed E-state index contributed by atoms with van der Waals surface area (Å²) in [7, 11) is 1.28. The predicted molar refractivity (Wildman–Crippen MR) is 77.4 cm³/mol. The topological polar surface area (TPSA) is 12.0 Å². The van der Waals surface area contributed by atoms with Crippen molar-refractivity contribution in [3.63, 3.8) is 0 Å². The Morgan fingerprint density at radius 3 is 1.90 bits per heavy atom. The Balaban J connectivity index is 3.39. The van der Waals surface area contributed by atoms with Gasteiger partial charge in [0, 0.05) is 0 Å². The molecule has 0 bridgehead atoms. The first-order chi connectivity index (χ1) is 9.62. The van der Waals surface area contributed by atoms with Gasteiger partial charge in [0.05, 0.1) is 0 Å². The normalized spacial score (nSPS) is 14.3. The fourth-order valence-corrected chi connectivity index (χ4v) is 2.40. The molecule has 1 rings (SSSR count). The molecule has 1 aromatic rings. The van der Waals surface area contributed by atoms with Crippen molar-refractivity contribution in [2.45, 2.75) is 57.9 Å². The molecule has 0 aliphatic carbocycles. The lowest BCUT2D eigenvalue weighted by molar-refractivity contribution is -0.150. The minimum absolute atomic E-state index is 0.0250. The van der Waals surface area contributed by atoms with E-state index in [1.54, 1.807) is 12.1 Å². The van der Waals surface area contributed by atoms with Crippen LogP contribution in [-0.4, -0.2) is 19.4 Å². The third-order valence-corrected chi connectivity index (χ3v) is 3.68. The van der Waals surface area contributed by atoms with E-state index in [0.29, 0.717) is 5.56 Å². The second-order valence-corrected chi connectivity index (χ2v) is 5.89. The van der Waals surface area contributed by atoms with Crippen LogP contribution >= 0.6 is 0 Å². The van der Waals surface area contributed by atoms with Crippen LogP contribution in [0.4, 0.5) is 17.6 Å². The molecule has 1 unspecified atom stereocenters. The summed E-state index contributed by atoms with van der Waals surface area (Å²) in [4.78, 5) is 0. The van der Waals surface area contributed by atoms with E-state index in [1.807, 2.05) is 33.8 Å². The van der Waals surface area contributed by atoms with Crippen LogP contribution < -0.4 is 5.32 Å². The van der Waals surface area contributed by atoms with Crippen molar-refractivity contribution >= 4 is 0 Å². The Bertz CT molecular complexity index is 469. The zero-order chi connectivity index (χ0) is 16.4. The van der Waals surface area contributed by atoms with E-state index in [-0.39, 0.29) is 17.4 Å². The van der Waals surface area contributed by atoms with Gasteiger partial charge in [-0.2, -0.15) is 8.78 Å². The molecule has 1 N–H and O–H groups in total. The van der Waals surface area contributed by atoms with Crippen LogP contribution in [0.1, 0.15) is 62.3 Å². The summed E-state index contributed by atoms with van der Waals surface area (Å²) < 4.78 is 52.9. The first kappa shape index (κ1) is 18.0. The quantitative estimate of drug-likeness (QED) is 0.721. The Morgan fingerprint density at radius 1 is 0.952 bits per heavy atom.